The second-order valence-corrected chi connectivity index (χ2v) is 2.80. The van der Waals surface area contributed by atoms with E-state index in [2.05, 4.69) is 0 Å². The Bertz CT molecular complexity index is 312. The first-order valence-electron chi connectivity index (χ1n) is 4.34. The summed E-state index contributed by atoms with van der Waals surface area (Å²) in [7, 11) is 0. The van der Waals surface area contributed by atoms with E-state index in [1.165, 1.54) is 6.07 Å². The lowest BCUT2D eigenvalue weighted by Gasteiger charge is -2.09. The number of phenolic OH excluding ortho intramolecular Hbond substituents is 1. The molecule has 0 bridgehead atoms. The summed E-state index contributed by atoms with van der Waals surface area (Å²) in [6, 6.07) is 2.26. The summed E-state index contributed by atoms with van der Waals surface area (Å²) in [5.74, 6) is -0.341. The van der Waals surface area contributed by atoms with Gasteiger partial charge in [0, 0.05) is 24.3 Å². The Morgan fingerprint density at radius 2 is 2.14 bits per heavy atom. The molecule has 14 heavy (non-hydrogen) atoms. The van der Waals surface area contributed by atoms with Crippen molar-refractivity contribution in [2.45, 2.75) is 13.8 Å². The fraction of sp³-hybridized carbons (Fsp3) is 0.400. The zero-order valence-corrected chi connectivity index (χ0v) is 8.21. The number of halogens is 1. The highest BCUT2D eigenvalue weighted by Crippen LogP contribution is 2.27. The number of ether oxygens (including phenoxy) is 2. The van der Waals surface area contributed by atoms with Gasteiger partial charge in [0.1, 0.15) is 17.3 Å². The highest BCUT2D eigenvalue weighted by molar-refractivity contribution is 5.43. The summed E-state index contributed by atoms with van der Waals surface area (Å²) < 4.78 is 22.9. The molecule has 0 unspecified atom stereocenters. The Balaban J connectivity index is 2.75. The molecule has 0 aliphatic rings. The third-order valence-electron chi connectivity index (χ3n) is 1.80. The van der Waals surface area contributed by atoms with E-state index < -0.39 is 5.82 Å². The molecule has 1 aromatic carbocycles. The molecule has 1 rings (SSSR count). The normalized spacial score (nSPS) is 10.2. The fourth-order valence-electron chi connectivity index (χ4n) is 0.979. The van der Waals surface area contributed by atoms with Crippen LogP contribution in [-0.2, 0) is 4.74 Å². The van der Waals surface area contributed by atoms with Crippen LogP contribution in [0.2, 0.25) is 0 Å². The van der Waals surface area contributed by atoms with Crippen molar-refractivity contribution in [3.05, 3.63) is 23.5 Å². The Hall–Kier alpha value is -1.29. The van der Waals surface area contributed by atoms with E-state index >= 15 is 0 Å². The Morgan fingerprint density at radius 1 is 1.43 bits per heavy atom. The lowest BCUT2D eigenvalue weighted by atomic mass is 10.2. The standard InChI is InChI=1S/C10H13FO3/c1-3-13-6-14-10-5-8(11)4-9(12)7(10)2/h4-5,12H,3,6H2,1-2H3. The van der Waals surface area contributed by atoms with Crippen molar-refractivity contribution in [3.63, 3.8) is 0 Å². The number of aromatic hydroxyl groups is 1. The predicted octanol–water partition coefficient (Wildman–Crippen LogP) is 2.21. The highest BCUT2D eigenvalue weighted by atomic mass is 19.1. The third kappa shape index (κ3) is 2.60. The van der Waals surface area contributed by atoms with Gasteiger partial charge in [0.2, 0.25) is 0 Å². The van der Waals surface area contributed by atoms with Crippen molar-refractivity contribution >= 4 is 0 Å². The summed E-state index contributed by atoms with van der Waals surface area (Å²) in [5.41, 5.74) is 0.506. The monoisotopic (exact) mass is 200 g/mol. The molecule has 0 aliphatic carbocycles. The predicted molar refractivity (Wildman–Crippen MR) is 49.9 cm³/mol. The van der Waals surface area contributed by atoms with Crippen LogP contribution in [0.15, 0.2) is 12.1 Å². The molecular formula is C10H13FO3. The van der Waals surface area contributed by atoms with E-state index in [-0.39, 0.29) is 12.5 Å². The van der Waals surface area contributed by atoms with Crippen molar-refractivity contribution in [1.82, 2.24) is 0 Å². The van der Waals surface area contributed by atoms with Crippen LogP contribution in [0.5, 0.6) is 11.5 Å². The van der Waals surface area contributed by atoms with Crippen LogP contribution >= 0.6 is 0 Å². The zero-order chi connectivity index (χ0) is 10.6. The van der Waals surface area contributed by atoms with Crippen LogP contribution in [0.4, 0.5) is 4.39 Å². The first-order chi connectivity index (χ1) is 6.65. The van der Waals surface area contributed by atoms with Gasteiger partial charge in [-0.3, -0.25) is 0 Å². The van der Waals surface area contributed by atoms with Crippen molar-refractivity contribution < 1.29 is 19.0 Å². The lowest BCUT2D eigenvalue weighted by molar-refractivity contribution is 0.0217. The van der Waals surface area contributed by atoms with Crippen LogP contribution in [0.3, 0.4) is 0 Å². The van der Waals surface area contributed by atoms with Gasteiger partial charge in [0.05, 0.1) is 0 Å². The molecule has 1 aromatic rings. The van der Waals surface area contributed by atoms with E-state index in [0.717, 1.165) is 6.07 Å². The van der Waals surface area contributed by atoms with Gasteiger partial charge in [-0.2, -0.15) is 0 Å². The van der Waals surface area contributed by atoms with Crippen molar-refractivity contribution in [2.24, 2.45) is 0 Å². The van der Waals surface area contributed by atoms with Crippen LogP contribution in [0.1, 0.15) is 12.5 Å². The molecule has 0 atom stereocenters. The maximum atomic E-state index is 12.8. The first-order valence-corrected chi connectivity index (χ1v) is 4.34. The largest absolute Gasteiger partial charge is 0.507 e. The molecule has 1 N–H and O–H groups in total. The number of rotatable bonds is 4. The number of phenols is 1. The summed E-state index contributed by atoms with van der Waals surface area (Å²) in [4.78, 5) is 0. The van der Waals surface area contributed by atoms with Crippen molar-refractivity contribution in [1.29, 1.82) is 0 Å². The topological polar surface area (TPSA) is 38.7 Å². The van der Waals surface area contributed by atoms with Gasteiger partial charge >= 0.3 is 0 Å². The van der Waals surface area contributed by atoms with Gasteiger partial charge in [0.15, 0.2) is 6.79 Å². The summed E-state index contributed by atoms with van der Waals surface area (Å²) in [5, 5.41) is 9.28. The molecule has 0 saturated carbocycles. The molecule has 0 aromatic heterocycles. The van der Waals surface area contributed by atoms with Crippen LogP contribution < -0.4 is 4.74 Å². The molecule has 0 aliphatic heterocycles. The third-order valence-corrected chi connectivity index (χ3v) is 1.80. The Labute approximate surface area is 82.1 Å². The summed E-state index contributed by atoms with van der Waals surface area (Å²) in [6.45, 7) is 4.07. The van der Waals surface area contributed by atoms with E-state index in [1.54, 1.807) is 6.92 Å². The van der Waals surface area contributed by atoms with Gasteiger partial charge in [-0.25, -0.2) is 4.39 Å². The van der Waals surface area contributed by atoms with E-state index in [9.17, 15) is 9.50 Å². The molecule has 0 amide bonds. The minimum atomic E-state index is -0.528. The van der Waals surface area contributed by atoms with E-state index in [4.69, 9.17) is 9.47 Å². The number of hydrogen-bond acceptors (Lipinski definition) is 3. The molecule has 4 heteroatoms. The van der Waals surface area contributed by atoms with E-state index in [1.807, 2.05) is 6.92 Å². The molecule has 0 heterocycles. The number of benzene rings is 1. The Kier molecular flexibility index (Phi) is 3.71. The fourth-order valence-corrected chi connectivity index (χ4v) is 0.979. The minimum absolute atomic E-state index is 0.0558. The summed E-state index contributed by atoms with van der Waals surface area (Å²) >= 11 is 0. The van der Waals surface area contributed by atoms with Gasteiger partial charge in [-0.05, 0) is 13.8 Å². The maximum absolute atomic E-state index is 12.8. The highest BCUT2D eigenvalue weighted by Gasteiger charge is 2.07. The average Bonchev–Trinajstić information content (AvgIpc) is 2.13. The van der Waals surface area contributed by atoms with Gasteiger partial charge < -0.3 is 14.6 Å². The van der Waals surface area contributed by atoms with Gasteiger partial charge in [0.25, 0.3) is 0 Å². The van der Waals surface area contributed by atoms with Crippen LogP contribution in [0.25, 0.3) is 0 Å². The first kappa shape index (κ1) is 10.8. The van der Waals surface area contributed by atoms with Crippen LogP contribution in [0, 0.1) is 12.7 Å². The smallest absolute Gasteiger partial charge is 0.189 e. The number of hydrogen-bond donors (Lipinski definition) is 1. The van der Waals surface area contributed by atoms with Crippen molar-refractivity contribution in [3.8, 4) is 11.5 Å². The minimum Gasteiger partial charge on any atom is -0.507 e. The molecule has 0 spiro atoms. The van der Waals surface area contributed by atoms with Crippen molar-refractivity contribution in [2.75, 3.05) is 13.4 Å². The molecule has 78 valence electrons. The maximum Gasteiger partial charge on any atom is 0.189 e. The quantitative estimate of drug-likeness (QED) is 0.598. The second kappa shape index (κ2) is 4.81. The van der Waals surface area contributed by atoms with E-state index in [0.29, 0.717) is 17.9 Å². The molecule has 0 radical (unpaired) electrons. The molecule has 0 saturated heterocycles. The van der Waals surface area contributed by atoms with Gasteiger partial charge in [-0.15, -0.1) is 0 Å². The SMILES string of the molecule is CCOCOc1cc(F)cc(O)c1C. The second-order valence-electron chi connectivity index (χ2n) is 2.80. The molecule has 3 nitrogen and oxygen atoms in total. The molecular weight excluding hydrogens is 187 g/mol. The zero-order valence-electron chi connectivity index (χ0n) is 8.21. The Morgan fingerprint density at radius 3 is 2.79 bits per heavy atom. The summed E-state index contributed by atoms with van der Waals surface area (Å²) in [6.07, 6.45) is 0. The lowest BCUT2D eigenvalue weighted by Crippen LogP contribution is -2.03. The van der Waals surface area contributed by atoms with Gasteiger partial charge in [-0.1, -0.05) is 0 Å². The van der Waals surface area contributed by atoms with Crippen LogP contribution in [-0.4, -0.2) is 18.5 Å². The average molecular weight is 200 g/mol. The molecule has 0 fully saturated rings.